The zero-order chi connectivity index (χ0) is 14.7. The minimum Gasteiger partial charge on any atom is -0.454 e. The number of fused-ring (bicyclic) bond motifs is 3. The van der Waals surface area contributed by atoms with Crippen LogP contribution < -0.4 is 0 Å². The quantitative estimate of drug-likeness (QED) is 0.252. The predicted octanol–water partition coefficient (Wildman–Crippen LogP) is 1.82. The van der Waals surface area contributed by atoms with Gasteiger partial charge in [0.05, 0.1) is 5.60 Å². The van der Waals surface area contributed by atoms with E-state index in [0.29, 0.717) is 24.8 Å². The van der Waals surface area contributed by atoms with Gasteiger partial charge in [0, 0.05) is 17.4 Å². The largest absolute Gasteiger partial charge is 0.454 e. The maximum absolute atomic E-state index is 11.8. The lowest BCUT2D eigenvalue weighted by molar-refractivity contribution is -0.270. The smallest absolute Gasteiger partial charge is 0.334 e. The minimum atomic E-state index is -0.888. The van der Waals surface area contributed by atoms with Crippen molar-refractivity contribution in [2.75, 3.05) is 0 Å². The molecular weight excluding hydrogens is 260 g/mol. The van der Waals surface area contributed by atoms with Gasteiger partial charge in [0.1, 0.15) is 12.2 Å². The van der Waals surface area contributed by atoms with E-state index in [4.69, 9.17) is 9.99 Å². The summed E-state index contributed by atoms with van der Waals surface area (Å²) in [6.07, 6.45) is 0.962. The fourth-order valence-corrected chi connectivity index (χ4v) is 3.95. The Bertz CT molecular complexity index is 504. The molecule has 0 aromatic carbocycles. The van der Waals surface area contributed by atoms with Gasteiger partial charge in [-0.1, -0.05) is 6.58 Å². The van der Waals surface area contributed by atoms with Crippen LogP contribution in [0.2, 0.25) is 0 Å². The molecule has 1 saturated heterocycles. The number of aliphatic hydroxyl groups is 1. The van der Waals surface area contributed by atoms with Gasteiger partial charge in [0.15, 0.2) is 0 Å². The molecular formula is C15H20O5. The number of carbonyl (C=O) groups excluding carboxylic acids is 1. The van der Waals surface area contributed by atoms with Crippen LogP contribution in [0.4, 0.5) is 0 Å². The van der Waals surface area contributed by atoms with Crippen LogP contribution >= 0.6 is 0 Å². The van der Waals surface area contributed by atoms with E-state index in [9.17, 15) is 9.90 Å². The number of hydrogen-bond donors (Lipinski definition) is 2. The molecule has 2 N–H and O–H groups in total. The SMILES string of the molecule is C=C1C(=O)OC2C3=C(C)C(OO)CC3C(C)(O)CCC12. The molecule has 110 valence electrons. The van der Waals surface area contributed by atoms with Gasteiger partial charge in [-0.15, -0.1) is 0 Å². The molecule has 5 atom stereocenters. The summed E-state index contributed by atoms with van der Waals surface area (Å²) in [4.78, 5) is 16.3. The van der Waals surface area contributed by atoms with Gasteiger partial charge in [-0.05, 0) is 44.3 Å². The summed E-state index contributed by atoms with van der Waals surface area (Å²) in [6.45, 7) is 7.49. The van der Waals surface area contributed by atoms with Gasteiger partial charge < -0.3 is 9.84 Å². The standard InChI is InChI=1S/C15H20O5/c1-7-9-4-5-15(3,17)10-6-11(20-18)8(2)12(10)13(9)19-14(7)16/h9-11,13,17-18H,1,4-6H2,2-3H3. The van der Waals surface area contributed by atoms with Crippen molar-refractivity contribution in [1.82, 2.24) is 0 Å². The Morgan fingerprint density at radius 3 is 2.85 bits per heavy atom. The van der Waals surface area contributed by atoms with Crippen molar-refractivity contribution in [2.45, 2.75) is 50.9 Å². The second-order valence-electron chi connectivity index (χ2n) is 6.37. The van der Waals surface area contributed by atoms with E-state index in [0.717, 1.165) is 11.1 Å². The lowest BCUT2D eigenvalue weighted by Gasteiger charge is -2.31. The number of esters is 1. The molecule has 0 aromatic heterocycles. The normalized spacial score (nSPS) is 44.2. The highest BCUT2D eigenvalue weighted by Crippen LogP contribution is 2.51. The summed E-state index contributed by atoms with van der Waals surface area (Å²) in [5, 5.41) is 19.7. The fraction of sp³-hybridized carbons (Fsp3) is 0.667. The topological polar surface area (TPSA) is 76.0 Å². The highest BCUT2D eigenvalue weighted by molar-refractivity contribution is 5.91. The molecule has 5 nitrogen and oxygen atoms in total. The van der Waals surface area contributed by atoms with Crippen LogP contribution in [0.5, 0.6) is 0 Å². The third-order valence-electron chi connectivity index (χ3n) is 5.22. The second-order valence-corrected chi connectivity index (χ2v) is 6.37. The summed E-state index contributed by atoms with van der Waals surface area (Å²) in [5.41, 5.74) is 1.36. The van der Waals surface area contributed by atoms with E-state index < -0.39 is 11.7 Å². The molecule has 0 spiro atoms. The summed E-state index contributed by atoms with van der Waals surface area (Å²) in [7, 11) is 0. The summed E-state index contributed by atoms with van der Waals surface area (Å²) in [5.74, 6) is -0.594. The van der Waals surface area contributed by atoms with Crippen molar-refractivity contribution in [3.8, 4) is 0 Å². The highest BCUT2D eigenvalue weighted by Gasteiger charge is 2.53. The average molecular weight is 280 g/mol. The van der Waals surface area contributed by atoms with E-state index in [1.165, 1.54) is 0 Å². The zero-order valence-corrected chi connectivity index (χ0v) is 11.8. The fourth-order valence-electron chi connectivity index (χ4n) is 3.95. The van der Waals surface area contributed by atoms with Crippen molar-refractivity contribution < 1.29 is 24.8 Å². The molecule has 20 heavy (non-hydrogen) atoms. The van der Waals surface area contributed by atoms with Gasteiger partial charge >= 0.3 is 5.97 Å². The first-order valence-electron chi connectivity index (χ1n) is 6.99. The maximum atomic E-state index is 11.8. The van der Waals surface area contributed by atoms with Crippen LogP contribution in [-0.2, 0) is 14.4 Å². The lowest BCUT2D eigenvalue weighted by atomic mass is 9.82. The Morgan fingerprint density at radius 1 is 1.50 bits per heavy atom. The number of ether oxygens (including phenoxy) is 1. The lowest BCUT2D eigenvalue weighted by Crippen LogP contribution is -2.35. The van der Waals surface area contributed by atoms with Crippen molar-refractivity contribution in [2.24, 2.45) is 11.8 Å². The molecule has 2 fully saturated rings. The predicted molar refractivity (Wildman–Crippen MR) is 70.7 cm³/mol. The van der Waals surface area contributed by atoms with E-state index in [-0.39, 0.29) is 23.9 Å². The third kappa shape index (κ3) is 1.77. The summed E-state index contributed by atoms with van der Waals surface area (Å²) < 4.78 is 5.48. The molecule has 5 heteroatoms. The summed E-state index contributed by atoms with van der Waals surface area (Å²) in [6, 6.07) is 0. The number of rotatable bonds is 1. The molecule has 0 bridgehead atoms. The number of carbonyl (C=O) groups is 1. The van der Waals surface area contributed by atoms with Gasteiger partial charge in [-0.25, -0.2) is 9.68 Å². The Labute approximate surface area is 117 Å². The van der Waals surface area contributed by atoms with Gasteiger partial charge in [0.25, 0.3) is 0 Å². The van der Waals surface area contributed by atoms with Gasteiger partial charge in [0.2, 0.25) is 0 Å². The molecule has 0 amide bonds. The minimum absolute atomic E-state index is 0.0821. The Morgan fingerprint density at radius 2 is 2.20 bits per heavy atom. The molecule has 5 unspecified atom stereocenters. The third-order valence-corrected chi connectivity index (χ3v) is 5.22. The van der Waals surface area contributed by atoms with Crippen LogP contribution in [0.3, 0.4) is 0 Å². The molecule has 1 saturated carbocycles. The first kappa shape index (κ1) is 13.8. The second kappa shape index (κ2) is 4.41. The molecule has 3 aliphatic rings. The average Bonchev–Trinajstić information content (AvgIpc) is 2.83. The molecule has 2 aliphatic carbocycles. The Kier molecular flexibility index (Phi) is 3.04. The Hall–Kier alpha value is -1.17. The molecule has 1 heterocycles. The van der Waals surface area contributed by atoms with Crippen molar-refractivity contribution >= 4 is 5.97 Å². The molecule has 1 aliphatic heterocycles. The van der Waals surface area contributed by atoms with E-state index in [1.54, 1.807) is 6.92 Å². The molecule has 0 aromatic rings. The van der Waals surface area contributed by atoms with Crippen molar-refractivity contribution in [1.29, 1.82) is 0 Å². The van der Waals surface area contributed by atoms with Crippen LogP contribution in [0, 0.1) is 11.8 Å². The van der Waals surface area contributed by atoms with Crippen LogP contribution in [-0.4, -0.2) is 34.1 Å². The monoisotopic (exact) mass is 280 g/mol. The highest BCUT2D eigenvalue weighted by atomic mass is 17.1. The molecule has 0 radical (unpaired) electrons. The first-order valence-corrected chi connectivity index (χ1v) is 6.99. The van der Waals surface area contributed by atoms with Gasteiger partial charge in [-0.2, -0.15) is 0 Å². The van der Waals surface area contributed by atoms with E-state index >= 15 is 0 Å². The van der Waals surface area contributed by atoms with Crippen molar-refractivity contribution in [3.05, 3.63) is 23.3 Å². The Balaban J connectivity index is 2.08. The summed E-state index contributed by atoms with van der Waals surface area (Å²) >= 11 is 0. The van der Waals surface area contributed by atoms with E-state index in [2.05, 4.69) is 11.5 Å². The van der Waals surface area contributed by atoms with E-state index in [1.807, 2.05) is 6.92 Å². The van der Waals surface area contributed by atoms with Crippen LogP contribution in [0.15, 0.2) is 23.3 Å². The van der Waals surface area contributed by atoms with Crippen LogP contribution in [0.1, 0.15) is 33.1 Å². The molecule has 3 rings (SSSR count). The van der Waals surface area contributed by atoms with Crippen LogP contribution in [0.25, 0.3) is 0 Å². The first-order chi connectivity index (χ1) is 9.36. The maximum Gasteiger partial charge on any atom is 0.334 e. The number of hydrogen-bond acceptors (Lipinski definition) is 5. The zero-order valence-electron chi connectivity index (χ0n) is 11.8. The van der Waals surface area contributed by atoms with Gasteiger partial charge in [-0.3, -0.25) is 5.26 Å². The van der Waals surface area contributed by atoms with Crippen molar-refractivity contribution in [3.63, 3.8) is 0 Å².